The quantitative estimate of drug-likeness (QED) is 0.167. The van der Waals surface area contributed by atoms with Crippen LogP contribution in [0.4, 0.5) is 5.69 Å². The van der Waals surface area contributed by atoms with Crippen molar-refractivity contribution in [1.82, 2.24) is 5.01 Å². The molecule has 0 bridgehead atoms. The molecule has 7 nitrogen and oxygen atoms in total. The molecule has 0 fully saturated rings. The van der Waals surface area contributed by atoms with Gasteiger partial charge in [0.2, 0.25) is 11.6 Å². The molecule has 0 aromatic heterocycles. The number of hydrogen-bond donors (Lipinski definition) is 1. The molecule has 186 valence electrons. The summed E-state index contributed by atoms with van der Waals surface area (Å²) in [6.45, 7) is 0.380. The van der Waals surface area contributed by atoms with Crippen LogP contribution in [-0.4, -0.2) is 22.3 Å². The van der Waals surface area contributed by atoms with Crippen molar-refractivity contribution in [3.05, 3.63) is 102 Å². The molecule has 1 N–H and O–H groups in total. The number of hydrogen-bond acceptors (Lipinski definition) is 6. The van der Waals surface area contributed by atoms with Crippen LogP contribution in [0.5, 0.6) is 0 Å². The minimum Gasteiger partial charge on any atom is -0.277 e. The molecule has 0 saturated heterocycles. The molecule has 5 aromatic rings. The monoisotopic (exact) mass is 506 g/mol. The predicted molar refractivity (Wildman–Crippen MR) is 154 cm³/mol. The van der Waals surface area contributed by atoms with Gasteiger partial charge in [0.15, 0.2) is 0 Å². The van der Waals surface area contributed by atoms with E-state index >= 15 is 0 Å². The van der Waals surface area contributed by atoms with E-state index < -0.39 is 0 Å². The number of nitrogens with one attached hydrogen (secondary N) is 1. The van der Waals surface area contributed by atoms with Crippen LogP contribution in [0.3, 0.4) is 0 Å². The Labute approximate surface area is 224 Å². The second-order valence-electron chi connectivity index (χ2n) is 9.33. The van der Waals surface area contributed by atoms with Crippen molar-refractivity contribution in [1.29, 1.82) is 10.5 Å². The van der Waals surface area contributed by atoms with E-state index in [1.54, 1.807) is 29.3 Å². The average molecular weight is 507 g/mol. The summed E-state index contributed by atoms with van der Waals surface area (Å²) in [5, 5.41) is 34.8. The maximum absolute atomic E-state index is 13.0. The highest BCUT2D eigenvalue weighted by atomic mass is 16.2. The van der Waals surface area contributed by atoms with Crippen molar-refractivity contribution < 1.29 is 4.79 Å². The smallest absolute Gasteiger partial charge is 0.243 e. The van der Waals surface area contributed by atoms with Gasteiger partial charge in [-0.25, -0.2) is 5.01 Å². The van der Waals surface area contributed by atoms with Crippen molar-refractivity contribution in [2.45, 2.75) is 19.4 Å². The zero-order valence-electron chi connectivity index (χ0n) is 20.9. The fraction of sp³-hybridized carbons (Fsp3) is 0.0938. The lowest BCUT2D eigenvalue weighted by Gasteiger charge is -2.24. The molecule has 1 amide bonds. The molecule has 0 unspecified atom stereocenters. The number of anilines is 1. The summed E-state index contributed by atoms with van der Waals surface area (Å²) in [7, 11) is 0. The fourth-order valence-corrected chi connectivity index (χ4v) is 5.11. The van der Waals surface area contributed by atoms with Crippen molar-refractivity contribution in [3.63, 3.8) is 0 Å². The van der Waals surface area contributed by atoms with Gasteiger partial charge < -0.3 is 0 Å². The third kappa shape index (κ3) is 4.54. The average Bonchev–Trinajstić information content (AvgIpc) is 2.99. The zero-order chi connectivity index (χ0) is 26.8. The van der Waals surface area contributed by atoms with Crippen LogP contribution in [0.2, 0.25) is 0 Å². The first-order chi connectivity index (χ1) is 19.1. The molecule has 0 atom stereocenters. The Bertz CT molecular complexity index is 1890. The number of carbonyl (C=O) groups is 1. The summed E-state index contributed by atoms with van der Waals surface area (Å²) in [4.78, 5) is 13.0. The van der Waals surface area contributed by atoms with E-state index in [1.807, 2.05) is 18.2 Å². The van der Waals surface area contributed by atoms with Crippen molar-refractivity contribution in [3.8, 4) is 12.1 Å². The molecule has 0 radical (unpaired) electrons. The van der Waals surface area contributed by atoms with Gasteiger partial charge in [0.05, 0.1) is 17.9 Å². The molecular weight excluding hydrogens is 484 g/mol. The van der Waals surface area contributed by atoms with Crippen molar-refractivity contribution in [2.75, 3.05) is 5.43 Å². The second kappa shape index (κ2) is 10.1. The van der Waals surface area contributed by atoms with E-state index in [1.165, 1.54) is 16.2 Å². The van der Waals surface area contributed by atoms with Crippen LogP contribution in [0.15, 0.2) is 101 Å². The third-order valence-electron chi connectivity index (χ3n) is 7.00. The van der Waals surface area contributed by atoms with Crippen LogP contribution in [0, 0.1) is 22.7 Å². The van der Waals surface area contributed by atoms with Crippen LogP contribution < -0.4 is 5.43 Å². The predicted octanol–water partition coefficient (Wildman–Crippen LogP) is 6.49. The zero-order valence-corrected chi connectivity index (χ0v) is 20.9. The van der Waals surface area contributed by atoms with Gasteiger partial charge >= 0.3 is 0 Å². The van der Waals surface area contributed by atoms with Gasteiger partial charge in [0, 0.05) is 12.8 Å². The van der Waals surface area contributed by atoms with E-state index in [0.29, 0.717) is 25.1 Å². The molecule has 5 aromatic carbocycles. The number of nitriles is 2. The number of benzene rings is 5. The highest BCUT2D eigenvalue weighted by molar-refractivity contribution is 6.18. The molecule has 6 rings (SSSR count). The van der Waals surface area contributed by atoms with Gasteiger partial charge in [0.25, 0.3) is 0 Å². The highest BCUT2D eigenvalue weighted by Gasteiger charge is 2.22. The summed E-state index contributed by atoms with van der Waals surface area (Å²) in [6, 6.07) is 34.1. The molecule has 0 spiro atoms. The molecule has 1 aliphatic heterocycles. The molecule has 39 heavy (non-hydrogen) atoms. The Morgan fingerprint density at radius 3 is 2.38 bits per heavy atom. The van der Waals surface area contributed by atoms with E-state index in [0.717, 1.165) is 33.0 Å². The SMILES string of the molecule is N#CC(C#N)=NNc1ccc(C2=NN(Cc3cccc4ccc5c6ccccc6ccc5c34)C(=O)CC2)cc1. The van der Waals surface area contributed by atoms with E-state index in [-0.39, 0.29) is 11.6 Å². The van der Waals surface area contributed by atoms with E-state index in [2.05, 4.69) is 71.2 Å². The number of carbonyl (C=O) groups excluding carboxylic acids is 1. The Morgan fingerprint density at radius 2 is 1.56 bits per heavy atom. The standard InChI is InChI=1S/C32H22N6O/c33-18-26(19-34)36-35-25-12-8-22(9-13-25)30-16-17-31(39)38(37-30)20-24-6-3-5-23-11-14-28-27-7-2-1-4-21(27)10-15-29(28)32(23)24/h1-15,35H,16-17,20H2. The lowest BCUT2D eigenvalue weighted by atomic mass is 9.94. The van der Waals surface area contributed by atoms with Crippen molar-refractivity contribution in [2.24, 2.45) is 10.2 Å². The minimum atomic E-state index is -0.251. The van der Waals surface area contributed by atoms with Gasteiger partial charge in [-0.05, 0) is 55.6 Å². The first-order valence-electron chi connectivity index (χ1n) is 12.6. The van der Waals surface area contributed by atoms with Gasteiger partial charge in [-0.2, -0.15) is 20.7 Å². The van der Waals surface area contributed by atoms with Crippen molar-refractivity contribution >= 4 is 55.3 Å². The summed E-state index contributed by atoms with van der Waals surface area (Å²) in [5.41, 5.74) is 5.88. The lowest BCUT2D eigenvalue weighted by Crippen LogP contribution is -2.31. The highest BCUT2D eigenvalue weighted by Crippen LogP contribution is 2.34. The molecule has 1 heterocycles. The summed E-state index contributed by atoms with van der Waals surface area (Å²) in [6.07, 6.45) is 0.935. The Morgan fingerprint density at radius 1 is 0.821 bits per heavy atom. The summed E-state index contributed by atoms with van der Waals surface area (Å²) >= 11 is 0. The molecule has 1 aliphatic rings. The van der Waals surface area contributed by atoms with Crippen LogP contribution >= 0.6 is 0 Å². The summed E-state index contributed by atoms with van der Waals surface area (Å²) < 4.78 is 0. The molecule has 7 heteroatoms. The summed E-state index contributed by atoms with van der Waals surface area (Å²) in [5.74, 6) is -0.00500. The van der Waals surface area contributed by atoms with Gasteiger partial charge in [-0.3, -0.25) is 10.2 Å². The third-order valence-corrected chi connectivity index (χ3v) is 7.00. The number of amides is 1. The minimum absolute atomic E-state index is 0.00500. The van der Waals surface area contributed by atoms with Crippen LogP contribution in [-0.2, 0) is 11.3 Å². The van der Waals surface area contributed by atoms with Gasteiger partial charge in [-0.15, -0.1) is 0 Å². The van der Waals surface area contributed by atoms with Gasteiger partial charge in [0.1, 0.15) is 12.1 Å². The van der Waals surface area contributed by atoms with E-state index in [4.69, 9.17) is 15.6 Å². The number of nitrogens with zero attached hydrogens (tertiary/aromatic N) is 5. The largest absolute Gasteiger partial charge is 0.277 e. The molecular formula is C32H22N6O. The first-order valence-corrected chi connectivity index (χ1v) is 12.6. The second-order valence-corrected chi connectivity index (χ2v) is 9.33. The topological polar surface area (TPSA) is 105 Å². The van der Waals surface area contributed by atoms with Crippen LogP contribution in [0.1, 0.15) is 24.0 Å². The van der Waals surface area contributed by atoms with Crippen LogP contribution in [0.25, 0.3) is 32.3 Å². The lowest BCUT2D eigenvalue weighted by molar-refractivity contribution is -0.132. The fourth-order valence-electron chi connectivity index (χ4n) is 5.11. The Hall–Kier alpha value is -5.53. The first kappa shape index (κ1) is 23.8. The number of hydrazone groups is 2. The molecule has 0 saturated carbocycles. The Balaban J connectivity index is 1.34. The molecule has 0 aliphatic carbocycles. The van der Waals surface area contributed by atoms with E-state index in [9.17, 15) is 4.79 Å². The number of fused-ring (bicyclic) bond motifs is 5. The maximum Gasteiger partial charge on any atom is 0.243 e. The number of rotatable bonds is 5. The maximum atomic E-state index is 13.0. The van der Waals surface area contributed by atoms with Gasteiger partial charge in [-0.1, -0.05) is 78.9 Å². The normalized spacial score (nSPS) is 13.1. The Kier molecular flexibility index (Phi) is 6.17.